The highest BCUT2D eigenvalue weighted by atomic mass is 127. The monoisotopic (exact) mass is 504 g/mol. The lowest BCUT2D eigenvalue weighted by Gasteiger charge is -2.30. The number of benzene rings is 1. The molecule has 2 aliphatic rings. The zero-order chi connectivity index (χ0) is 19.9. The van der Waals surface area contributed by atoms with E-state index >= 15 is 0 Å². The summed E-state index contributed by atoms with van der Waals surface area (Å²) in [4.78, 5) is 15.0. The van der Waals surface area contributed by atoms with Crippen molar-refractivity contribution in [2.24, 2.45) is 0 Å². The number of nitrogens with one attached hydrogen (secondary N) is 1. The van der Waals surface area contributed by atoms with Crippen molar-refractivity contribution in [2.45, 2.75) is 38.0 Å². The van der Waals surface area contributed by atoms with Crippen LogP contribution in [0.4, 0.5) is 0 Å². The van der Waals surface area contributed by atoms with Crippen LogP contribution in [0.15, 0.2) is 12.1 Å². The number of methoxy groups -OCH3 is 2. The number of carbonyl (C=O) groups excluding carboxylic acids is 1. The molecular weight excluding hydrogens is 475 g/mol. The van der Waals surface area contributed by atoms with Crippen LogP contribution in [-0.4, -0.2) is 70.1 Å². The lowest BCUT2D eigenvalue weighted by Crippen LogP contribution is -2.49. The van der Waals surface area contributed by atoms with E-state index in [-0.39, 0.29) is 5.91 Å². The fourth-order valence-electron chi connectivity index (χ4n) is 3.22. The second-order valence-electron chi connectivity index (χ2n) is 7.05. The summed E-state index contributed by atoms with van der Waals surface area (Å²) in [5.74, 6) is 1.48. The van der Waals surface area contributed by atoms with Gasteiger partial charge in [0.25, 0.3) is 5.91 Å². The molecule has 8 heteroatoms. The number of rotatable bonds is 10. The van der Waals surface area contributed by atoms with Crippen molar-refractivity contribution >= 4 is 28.5 Å². The first-order valence-electron chi connectivity index (χ1n) is 9.75. The van der Waals surface area contributed by atoms with Gasteiger partial charge < -0.3 is 29.2 Å². The van der Waals surface area contributed by atoms with Crippen molar-refractivity contribution < 1.29 is 23.7 Å². The van der Waals surface area contributed by atoms with Gasteiger partial charge in [0, 0.05) is 49.4 Å². The molecule has 28 heavy (non-hydrogen) atoms. The van der Waals surface area contributed by atoms with Crippen LogP contribution in [-0.2, 0) is 20.8 Å². The second kappa shape index (κ2) is 10.6. The molecule has 0 radical (unpaired) electrons. The molecule has 1 amide bonds. The Kier molecular flexibility index (Phi) is 8.19. The predicted molar refractivity (Wildman–Crippen MR) is 114 cm³/mol. The first-order chi connectivity index (χ1) is 13.6. The molecule has 1 aromatic carbocycles. The molecule has 156 valence electrons. The van der Waals surface area contributed by atoms with Gasteiger partial charge in [-0.25, -0.2) is 0 Å². The number of ether oxygens (including phenoxy) is 4. The highest BCUT2D eigenvalue weighted by molar-refractivity contribution is 14.1. The number of carbonyl (C=O) groups is 1. The first-order valence-corrected chi connectivity index (χ1v) is 10.8. The largest absolute Gasteiger partial charge is 0.493 e. The van der Waals surface area contributed by atoms with Gasteiger partial charge in [-0.3, -0.25) is 4.79 Å². The zero-order valence-corrected chi connectivity index (χ0v) is 18.7. The summed E-state index contributed by atoms with van der Waals surface area (Å²) < 4.78 is 23.2. The lowest BCUT2D eigenvalue weighted by atomic mass is 10.1. The second-order valence-corrected chi connectivity index (χ2v) is 8.21. The van der Waals surface area contributed by atoms with Crippen molar-refractivity contribution in [1.82, 2.24) is 10.2 Å². The Morgan fingerprint density at radius 3 is 2.75 bits per heavy atom. The van der Waals surface area contributed by atoms with Crippen molar-refractivity contribution in [3.8, 4) is 11.5 Å². The molecule has 0 unspecified atom stereocenters. The predicted octanol–water partition coefficient (Wildman–Crippen LogP) is 2.19. The summed E-state index contributed by atoms with van der Waals surface area (Å²) in [6, 6.07) is 4.27. The molecule has 3 rings (SSSR count). The number of halogens is 1. The van der Waals surface area contributed by atoms with Crippen LogP contribution in [0.25, 0.3) is 0 Å². The van der Waals surface area contributed by atoms with Crippen molar-refractivity contribution in [1.29, 1.82) is 0 Å². The van der Waals surface area contributed by atoms with E-state index in [1.54, 1.807) is 14.2 Å². The molecule has 0 bridgehead atoms. The van der Waals surface area contributed by atoms with Gasteiger partial charge in [0.1, 0.15) is 6.10 Å². The molecule has 1 atom stereocenters. The number of amides is 1. The van der Waals surface area contributed by atoms with Crippen molar-refractivity contribution in [3.63, 3.8) is 0 Å². The smallest absolute Gasteiger partial charge is 0.253 e. The van der Waals surface area contributed by atoms with E-state index in [1.165, 1.54) is 0 Å². The molecule has 1 saturated heterocycles. The van der Waals surface area contributed by atoms with Gasteiger partial charge in [-0.05, 0) is 53.1 Å². The summed E-state index contributed by atoms with van der Waals surface area (Å²) in [5, 5.41) is 3.24. The highest BCUT2D eigenvalue weighted by Gasteiger charge is 2.37. The summed E-state index contributed by atoms with van der Waals surface area (Å²) in [6.45, 7) is 3.72. The van der Waals surface area contributed by atoms with Crippen molar-refractivity contribution in [3.05, 3.63) is 21.3 Å². The van der Waals surface area contributed by atoms with Gasteiger partial charge in [0.15, 0.2) is 11.5 Å². The number of hydrogen-bond donors (Lipinski definition) is 1. The number of morpholine rings is 1. The van der Waals surface area contributed by atoms with Crippen LogP contribution in [0, 0.1) is 3.57 Å². The fraction of sp³-hybridized carbons (Fsp3) is 0.650. The molecule has 1 aliphatic heterocycles. The van der Waals surface area contributed by atoms with Crippen LogP contribution in [0.2, 0.25) is 0 Å². The Hall–Kier alpha value is -1.10. The topological polar surface area (TPSA) is 69.3 Å². The maximum atomic E-state index is 13.0. The first kappa shape index (κ1) is 21.6. The molecule has 1 aliphatic carbocycles. The highest BCUT2D eigenvalue weighted by Crippen LogP contribution is 2.35. The molecule has 1 aromatic rings. The molecule has 0 spiro atoms. The minimum atomic E-state index is -0.393. The van der Waals surface area contributed by atoms with Gasteiger partial charge in [0.2, 0.25) is 0 Å². The third kappa shape index (κ3) is 5.71. The Bertz CT molecular complexity index is 662. The van der Waals surface area contributed by atoms with E-state index in [4.69, 9.17) is 18.9 Å². The van der Waals surface area contributed by atoms with Crippen LogP contribution in [0.1, 0.15) is 24.8 Å². The average molecular weight is 504 g/mol. The summed E-state index contributed by atoms with van der Waals surface area (Å²) in [6.07, 6.45) is 2.52. The van der Waals surface area contributed by atoms with Crippen molar-refractivity contribution in [2.75, 3.05) is 47.1 Å². The average Bonchev–Trinajstić information content (AvgIpc) is 3.56. The molecule has 1 saturated carbocycles. The molecular formula is C20H29IN2O5. The SMILES string of the molecule is COCCCOc1cc(CN(C(=O)[C@H]2CNCCO2)C2CC2)c(I)cc1OC. The maximum Gasteiger partial charge on any atom is 0.253 e. The molecule has 7 nitrogen and oxygen atoms in total. The Labute approximate surface area is 180 Å². The minimum absolute atomic E-state index is 0.0730. The molecule has 0 aromatic heterocycles. The molecule has 2 fully saturated rings. The summed E-state index contributed by atoms with van der Waals surface area (Å²) >= 11 is 2.30. The van der Waals surface area contributed by atoms with E-state index < -0.39 is 6.10 Å². The van der Waals surface area contributed by atoms with E-state index in [0.717, 1.165) is 34.9 Å². The van der Waals surface area contributed by atoms with Crippen LogP contribution in [0.3, 0.4) is 0 Å². The summed E-state index contributed by atoms with van der Waals surface area (Å²) in [7, 11) is 3.32. The minimum Gasteiger partial charge on any atom is -0.493 e. The Morgan fingerprint density at radius 2 is 2.11 bits per heavy atom. The number of hydrogen-bond acceptors (Lipinski definition) is 6. The Morgan fingerprint density at radius 1 is 1.29 bits per heavy atom. The third-order valence-electron chi connectivity index (χ3n) is 4.90. The number of nitrogens with zero attached hydrogens (tertiary/aromatic N) is 1. The lowest BCUT2D eigenvalue weighted by molar-refractivity contribution is -0.146. The Balaban J connectivity index is 1.73. The standard InChI is InChI=1S/C20H29IN2O5/c1-25-7-3-8-27-18-10-14(16(21)11-17(18)26-2)13-23(15-4-5-15)20(24)19-12-22-6-9-28-19/h10-11,15,19,22H,3-9,12-13H2,1-2H3/t19-/m1/s1. The maximum absolute atomic E-state index is 13.0. The van der Waals surface area contributed by atoms with E-state index in [0.29, 0.717) is 50.5 Å². The normalized spacial score (nSPS) is 19.3. The zero-order valence-electron chi connectivity index (χ0n) is 16.5. The summed E-state index contributed by atoms with van der Waals surface area (Å²) in [5.41, 5.74) is 1.06. The fourth-order valence-corrected chi connectivity index (χ4v) is 3.83. The third-order valence-corrected chi connectivity index (χ3v) is 5.90. The van der Waals surface area contributed by atoms with Gasteiger partial charge in [-0.1, -0.05) is 0 Å². The molecule has 1 heterocycles. The van der Waals surface area contributed by atoms with Gasteiger partial charge in [-0.2, -0.15) is 0 Å². The van der Waals surface area contributed by atoms with Gasteiger partial charge >= 0.3 is 0 Å². The molecule has 1 N–H and O–H groups in total. The van der Waals surface area contributed by atoms with Crippen LogP contribution < -0.4 is 14.8 Å². The van der Waals surface area contributed by atoms with Gasteiger partial charge in [0.05, 0.1) is 20.3 Å². The quantitative estimate of drug-likeness (QED) is 0.390. The van der Waals surface area contributed by atoms with Crippen LogP contribution in [0.5, 0.6) is 11.5 Å². The van der Waals surface area contributed by atoms with E-state index in [1.807, 2.05) is 17.0 Å². The van der Waals surface area contributed by atoms with E-state index in [2.05, 4.69) is 27.9 Å². The van der Waals surface area contributed by atoms with E-state index in [9.17, 15) is 4.79 Å². The van der Waals surface area contributed by atoms with Gasteiger partial charge in [-0.15, -0.1) is 0 Å². The van der Waals surface area contributed by atoms with Crippen LogP contribution >= 0.6 is 22.6 Å².